The number of benzene rings is 1. The van der Waals surface area contributed by atoms with Gasteiger partial charge >= 0.3 is 0 Å². The maximum absolute atomic E-state index is 12.6. The lowest BCUT2D eigenvalue weighted by molar-refractivity contribution is -0.125. The van der Waals surface area contributed by atoms with Gasteiger partial charge in [-0.2, -0.15) is 0 Å². The van der Waals surface area contributed by atoms with Crippen LogP contribution in [0.5, 0.6) is 0 Å². The number of piperidine rings is 1. The maximum atomic E-state index is 12.6. The number of hydrogen-bond donors (Lipinski definition) is 1. The van der Waals surface area contributed by atoms with E-state index < -0.39 is 0 Å². The third kappa shape index (κ3) is 5.76. The molecule has 0 saturated carbocycles. The lowest BCUT2D eigenvalue weighted by atomic mass is 9.97. The quantitative estimate of drug-likeness (QED) is 0.744. The number of hydrogen-bond acceptors (Lipinski definition) is 5. The van der Waals surface area contributed by atoms with Gasteiger partial charge in [-0.05, 0) is 45.0 Å². The second-order valence-corrected chi connectivity index (χ2v) is 7.75. The molecule has 0 spiro atoms. The van der Waals surface area contributed by atoms with Crippen LogP contribution >= 0.6 is 0 Å². The summed E-state index contributed by atoms with van der Waals surface area (Å²) in [6, 6.07) is 12.3. The molecular formula is C23H33N5O. The van der Waals surface area contributed by atoms with E-state index in [1.54, 1.807) is 0 Å². The zero-order chi connectivity index (χ0) is 20.6. The smallest absolute Gasteiger partial charge is 0.224 e. The molecule has 1 aromatic carbocycles. The van der Waals surface area contributed by atoms with Gasteiger partial charge in [0.05, 0.1) is 11.6 Å². The highest BCUT2D eigenvalue weighted by Crippen LogP contribution is 2.23. The van der Waals surface area contributed by atoms with E-state index in [4.69, 9.17) is 0 Å². The fraction of sp³-hybridized carbons (Fsp3) is 0.522. The van der Waals surface area contributed by atoms with Crippen LogP contribution in [0, 0.1) is 12.8 Å². The summed E-state index contributed by atoms with van der Waals surface area (Å²) in [6.07, 6.45) is 1.93. The van der Waals surface area contributed by atoms with E-state index in [2.05, 4.69) is 70.4 Å². The molecule has 1 atom stereocenters. The Labute approximate surface area is 174 Å². The average molecular weight is 396 g/mol. The highest BCUT2D eigenvalue weighted by Gasteiger charge is 2.26. The molecule has 6 heteroatoms. The molecule has 1 amide bonds. The third-order valence-corrected chi connectivity index (χ3v) is 5.74. The Morgan fingerprint density at radius 1 is 1.14 bits per heavy atom. The molecule has 2 aromatic rings. The molecule has 3 rings (SSSR count). The zero-order valence-electron chi connectivity index (χ0n) is 17.9. The van der Waals surface area contributed by atoms with Crippen molar-refractivity contribution in [3.8, 4) is 11.3 Å². The first kappa shape index (κ1) is 21.2. The molecule has 1 saturated heterocycles. The van der Waals surface area contributed by atoms with Crippen molar-refractivity contribution in [1.82, 2.24) is 20.4 Å². The van der Waals surface area contributed by atoms with Gasteiger partial charge in [-0.15, -0.1) is 10.2 Å². The van der Waals surface area contributed by atoms with Crippen molar-refractivity contribution in [3.05, 3.63) is 42.0 Å². The van der Waals surface area contributed by atoms with Crippen molar-refractivity contribution in [1.29, 1.82) is 0 Å². The van der Waals surface area contributed by atoms with E-state index in [-0.39, 0.29) is 11.8 Å². The van der Waals surface area contributed by atoms with Crippen LogP contribution in [0.4, 0.5) is 5.82 Å². The predicted molar refractivity (Wildman–Crippen MR) is 118 cm³/mol. The van der Waals surface area contributed by atoms with Crippen LogP contribution in [-0.4, -0.2) is 60.3 Å². The summed E-state index contributed by atoms with van der Waals surface area (Å²) in [5, 5.41) is 12.0. The van der Waals surface area contributed by atoms with Crippen LogP contribution in [0.2, 0.25) is 0 Å². The fourth-order valence-corrected chi connectivity index (χ4v) is 3.79. The Morgan fingerprint density at radius 3 is 2.55 bits per heavy atom. The van der Waals surface area contributed by atoms with Gasteiger partial charge in [0.25, 0.3) is 0 Å². The van der Waals surface area contributed by atoms with Crippen molar-refractivity contribution in [2.24, 2.45) is 5.92 Å². The Morgan fingerprint density at radius 2 is 1.90 bits per heavy atom. The summed E-state index contributed by atoms with van der Waals surface area (Å²) in [4.78, 5) is 17.1. The second kappa shape index (κ2) is 10.3. The monoisotopic (exact) mass is 395 g/mol. The van der Waals surface area contributed by atoms with Gasteiger partial charge < -0.3 is 15.1 Å². The van der Waals surface area contributed by atoms with E-state index in [0.29, 0.717) is 13.1 Å². The van der Waals surface area contributed by atoms with Crippen molar-refractivity contribution < 1.29 is 4.79 Å². The second-order valence-electron chi connectivity index (χ2n) is 7.75. The van der Waals surface area contributed by atoms with Gasteiger partial charge in [-0.25, -0.2) is 0 Å². The number of carbonyl (C=O) groups is 1. The van der Waals surface area contributed by atoms with E-state index in [1.807, 2.05) is 12.1 Å². The van der Waals surface area contributed by atoms with Gasteiger partial charge in [0, 0.05) is 31.7 Å². The van der Waals surface area contributed by atoms with Crippen molar-refractivity contribution in [3.63, 3.8) is 0 Å². The normalized spacial score (nSPS) is 16.8. The molecule has 1 aromatic heterocycles. The Balaban J connectivity index is 1.56. The third-order valence-electron chi connectivity index (χ3n) is 5.74. The van der Waals surface area contributed by atoms with Crippen LogP contribution in [0.25, 0.3) is 11.3 Å². The molecule has 0 radical (unpaired) electrons. The fourth-order valence-electron chi connectivity index (χ4n) is 3.79. The number of amides is 1. The summed E-state index contributed by atoms with van der Waals surface area (Å²) in [6.45, 7) is 11.6. The number of rotatable bonds is 8. The minimum absolute atomic E-state index is 0.0130. The molecular weight excluding hydrogens is 362 g/mol. The van der Waals surface area contributed by atoms with Crippen LogP contribution in [0.15, 0.2) is 36.4 Å². The number of nitrogens with zero attached hydrogens (tertiary/aromatic N) is 4. The molecule has 1 fully saturated rings. The molecule has 1 N–H and O–H groups in total. The van der Waals surface area contributed by atoms with Crippen LogP contribution in [0.3, 0.4) is 0 Å². The van der Waals surface area contributed by atoms with E-state index in [0.717, 1.165) is 56.1 Å². The van der Waals surface area contributed by atoms with Crippen LogP contribution in [0.1, 0.15) is 32.3 Å². The van der Waals surface area contributed by atoms with Gasteiger partial charge in [-0.3, -0.25) is 4.79 Å². The van der Waals surface area contributed by atoms with Gasteiger partial charge in [0.15, 0.2) is 5.82 Å². The topological polar surface area (TPSA) is 61.4 Å². The largest absolute Gasteiger partial charge is 0.355 e. The minimum Gasteiger partial charge on any atom is -0.355 e. The van der Waals surface area contributed by atoms with Crippen LogP contribution in [-0.2, 0) is 4.79 Å². The summed E-state index contributed by atoms with van der Waals surface area (Å²) in [5.41, 5.74) is 3.17. The van der Waals surface area contributed by atoms with Crippen molar-refractivity contribution in [2.75, 3.05) is 44.2 Å². The Bertz CT molecular complexity index is 771. The molecule has 0 unspecified atom stereocenters. The average Bonchev–Trinajstić information content (AvgIpc) is 2.77. The maximum Gasteiger partial charge on any atom is 0.224 e. The summed E-state index contributed by atoms with van der Waals surface area (Å²) in [5.74, 6) is 1.02. The lowest BCUT2D eigenvalue weighted by Crippen LogP contribution is -2.45. The SMILES string of the molecule is CCN(CC)CCNC(=O)[C@@H]1CCCN(c2ccc(-c3ccc(C)cc3)nn2)C1. The Hall–Kier alpha value is -2.47. The first-order chi connectivity index (χ1) is 14.1. The molecule has 0 bridgehead atoms. The number of aryl methyl sites for hydroxylation is 1. The van der Waals surface area contributed by atoms with E-state index in [1.165, 1.54) is 5.56 Å². The molecule has 6 nitrogen and oxygen atoms in total. The first-order valence-electron chi connectivity index (χ1n) is 10.8. The lowest BCUT2D eigenvalue weighted by Gasteiger charge is -2.32. The van der Waals surface area contributed by atoms with Crippen molar-refractivity contribution in [2.45, 2.75) is 33.6 Å². The van der Waals surface area contributed by atoms with Crippen molar-refractivity contribution >= 4 is 11.7 Å². The number of carbonyl (C=O) groups excluding carboxylic acids is 1. The van der Waals surface area contributed by atoms with Gasteiger partial charge in [0.2, 0.25) is 5.91 Å². The van der Waals surface area contributed by atoms with Gasteiger partial charge in [0.1, 0.15) is 0 Å². The molecule has 1 aliphatic heterocycles. The van der Waals surface area contributed by atoms with Crippen LogP contribution < -0.4 is 10.2 Å². The molecule has 156 valence electrons. The highest BCUT2D eigenvalue weighted by atomic mass is 16.1. The standard InChI is InChI=1S/C23H33N5O/c1-4-27(5-2)16-14-24-23(29)20-7-6-15-28(17-20)22-13-12-21(25-26-22)19-10-8-18(3)9-11-19/h8-13,20H,4-7,14-17H2,1-3H3,(H,24,29)/t20-/m1/s1. The number of aromatic nitrogens is 2. The zero-order valence-corrected chi connectivity index (χ0v) is 17.9. The molecule has 0 aliphatic carbocycles. The summed E-state index contributed by atoms with van der Waals surface area (Å²) in [7, 11) is 0. The molecule has 1 aliphatic rings. The summed E-state index contributed by atoms with van der Waals surface area (Å²) >= 11 is 0. The highest BCUT2D eigenvalue weighted by molar-refractivity contribution is 5.79. The minimum atomic E-state index is 0.0130. The number of nitrogens with one attached hydrogen (secondary N) is 1. The molecule has 2 heterocycles. The molecule has 29 heavy (non-hydrogen) atoms. The Kier molecular flexibility index (Phi) is 7.58. The number of likely N-dealkylation sites (N-methyl/N-ethyl adjacent to an activating group) is 1. The number of anilines is 1. The first-order valence-corrected chi connectivity index (χ1v) is 10.8. The van der Waals surface area contributed by atoms with E-state index >= 15 is 0 Å². The van der Waals surface area contributed by atoms with E-state index in [9.17, 15) is 4.79 Å². The summed E-state index contributed by atoms with van der Waals surface area (Å²) < 4.78 is 0. The van der Waals surface area contributed by atoms with Gasteiger partial charge in [-0.1, -0.05) is 43.7 Å². The predicted octanol–water partition coefficient (Wildman–Crippen LogP) is 3.13.